The summed E-state index contributed by atoms with van der Waals surface area (Å²) in [6.45, 7) is 1.92. The van der Waals surface area contributed by atoms with Gasteiger partial charge in [0.15, 0.2) is 5.78 Å². The Balaban J connectivity index is 1.90. The van der Waals surface area contributed by atoms with Crippen molar-refractivity contribution < 1.29 is 18.7 Å². The van der Waals surface area contributed by atoms with Crippen molar-refractivity contribution >= 4 is 5.78 Å². The van der Waals surface area contributed by atoms with Crippen molar-refractivity contribution in [2.75, 3.05) is 19.6 Å². The summed E-state index contributed by atoms with van der Waals surface area (Å²) in [7, 11) is 0. The van der Waals surface area contributed by atoms with Gasteiger partial charge in [-0.3, -0.25) is 4.79 Å². The van der Waals surface area contributed by atoms with Gasteiger partial charge in [-0.15, -0.1) is 0 Å². The third-order valence-electron chi connectivity index (χ3n) is 3.32. The molecule has 1 atom stereocenters. The molecule has 1 unspecified atom stereocenters. The second-order valence-corrected chi connectivity index (χ2v) is 4.93. The number of aliphatic hydroxyl groups excluding tert-OH is 1. The number of hydrogen-bond acceptors (Lipinski definition) is 3. The van der Waals surface area contributed by atoms with Crippen molar-refractivity contribution in [3.05, 3.63) is 35.4 Å². The van der Waals surface area contributed by atoms with Gasteiger partial charge in [-0.1, -0.05) is 0 Å². The third kappa shape index (κ3) is 4.08. The second-order valence-electron chi connectivity index (χ2n) is 4.93. The molecule has 0 amide bonds. The van der Waals surface area contributed by atoms with E-state index in [4.69, 9.17) is 0 Å². The van der Waals surface area contributed by atoms with Gasteiger partial charge in [0, 0.05) is 31.1 Å². The maximum atomic E-state index is 13.0. The van der Waals surface area contributed by atoms with Crippen molar-refractivity contribution in [3.63, 3.8) is 0 Å². The Hall–Kier alpha value is -1.33. The summed E-state index contributed by atoms with van der Waals surface area (Å²) >= 11 is 0. The number of hydrogen-bond donors (Lipinski definition) is 1. The zero-order valence-corrected chi connectivity index (χ0v) is 10.6. The lowest BCUT2D eigenvalue weighted by Crippen LogP contribution is -2.39. The number of benzene rings is 1. The summed E-state index contributed by atoms with van der Waals surface area (Å²) in [6, 6.07) is 2.85. The standard InChI is InChI=1S/C14H17F2NO2/c15-11-6-10(7-12(16)8-11)14(19)3-5-17-4-1-2-13(18)9-17/h6-8,13,18H,1-5,9H2. The predicted octanol–water partition coefficient (Wildman–Crippen LogP) is 1.99. The first-order valence-corrected chi connectivity index (χ1v) is 6.44. The number of piperidine rings is 1. The number of Topliss-reactive ketones (excluding diaryl/α,β-unsaturated/α-hetero) is 1. The van der Waals surface area contributed by atoms with Crippen LogP contribution in [-0.4, -0.2) is 41.5 Å². The Morgan fingerprint density at radius 1 is 1.32 bits per heavy atom. The van der Waals surface area contributed by atoms with Gasteiger partial charge in [-0.05, 0) is 31.5 Å². The molecule has 0 bridgehead atoms. The highest BCUT2D eigenvalue weighted by Crippen LogP contribution is 2.13. The first-order valence-electron chi connectivity index (χ1n) is 6.44. The van der Waals surface area contributed by atoms with Crippen LogP contribution in [0.15, 0.2) is 18.2 Å². The molecule has 3 nitrogen and oxygen atoms in total. The molecule has 0 aliphatic carbocycles. The van der Waals surface area contributed by atoms with Crippen LogP contribution in [0.2, 0.25) is 0 Å². The number of likely N-dealkylation sites (tertiary alicyclic amines) is 1. The van der Waals surface area contributed by atoms with Gasteiger partial charge in [-0.2, -0.15) is 0 Å². The number of carbonyl (C=O) groups is 1. The Kier molecular flexibility index (Phi) is 4.61. The van der Waals surface area contributed by atoms with Gasteiger partial charge >= 0.3 is 0 Å². The van der Waals surface area contributed by atoms with E-state index in [0.717, 1.165) is 37.6 Å². The van der Waals surface area contributed by atoms with Crippen molar-refractivity contribution in [1.82, 2.24) is 4.90 Å². The average molecular weight is 269 g/mol. The number of carbonyl (C=O) groups excluding carboxylic acids is 1. The van der Waals surface area contributed by atoms with Crippen LogP contribution in [0.3, 0.4) is 0 Å². The zero-order chi connectivity index (χ0) is 13.8. The van der Waals surface area contributed by atoms with E-state index in [0.29, 0.717) is 13.1 Å². The Morgan fingerprint density at radius 3 is 2.63 bits per heavy atom. The fourth-order valence-electron chi connectivity index (χ4n) is 2.35. The van der Waals surface area contributed by atoms with E-state index in [1.165, 1.54) is 0 Å². The van der Waals surface area contributed by atoms with E-state index in [-0.39, 0.29) is 23.9 Å². The molecule has 1 aromatic rings. The molecular weight excluding hydrogens is 252 g/mol. The van der Waals surface area contributed by atoms with Crippen LogP contribution in [0.5, 0.6) is 0 Å². The Morgan fingerprint density at radius 2 is 2.00 bits per heavy atom. The summed E-state index contributed by atoms with van der Waals surface area (Å²) in [4.78, 5) is 13.9. The minimum atomic E-state index is -0.739. The molecule has 1 heterocycles. The van der Waals surface area contributed by atoms with E-state index in [9.17, 15) is 18.7 Å². The number of nitrogens with zero attached hydrogens (tertiary/aromatic N) is 1. The van der Waals surface area contributed by atoms with Crippen LogP contribution in [0.1, 0.15) is 29.6 Å². The van der Waals surface area contributed by atoms with Crippen LogP contribution >= 0.6 is 0 Å². The SMILES string of the molecule is O=C(CCN1CCCC(O)C1)c1cc(F)cc(F)c1. The highest BCUT2D eigenvalue weighted by atomic mass is 19.1. The Labute approximate surface area is 110 Å². The van der Waals surface area contributed by atoms with E-state index in [1.54, 1.807) is 0 Å². The molecular formula is C14H17F2NO2. The lowest BCUT2D eigenvalue weighted by Gasteiger charge is -2.29. The van der Waals surface area contributed by atoms with Crippen molar-refractivity contribution in [2.24, 2.45) is 0 Å². The summed E-state index contributed by atoms with van der Waals surface area (Å²) in [5.41, 5.74) is 0.0649. The molecule has 1 aliphatic rings. The minimum Gasteiger partial charge on any atom is -0.392 e. The quantitative estimate of drug-likeness (QED) is 0.850. The van der Waals surface area contributed by atoms with Gasteiger partial charge in [-0.25, -0.2) is 8.78 Å². The number of ketones is 1. The minimum absolute atomic E-state index is 0.0649. The number of rotatable bonds is 4. The summed E-state index contributed by atoms with van der Waals surface area (Å²) in [5, 5.41) is 9.51. The van der Waals surface area contributed by atoms with Gasteiger partial charge in [0.1, 0.15) is 11.6 Å². The molecule has 1 fully saturated rings. The summed E-state index contributed by atoms with van der Waals surface area (Å²) in [6.07, 6.45) is 1.56. The first-order chi connectivity index (χ1) is 9.04. The molecule has 0 radical (unpaired) electrons. The van der Waals surface area contributed by atoms with Crippen molar-refractivity contribution in [1.29, 1.82) is 0 Å². The predicted molar refractivity (Wildman–Crippen MR) is 67.0 cm³/mol. The molecule has 5 heteroatoms. The monoisotopic (exact) mass is 269 g/mol. The fourth-order valence-corrected chi connectivity index (χ4v) is 2.35. The van der Waals surface area contributed by atoms with Crippen LogP contribution in [0.4, 0.5) is 8.78 Å². The summed E-state index contributed by atoms with van der Waals surface area (Å²) < 4.78 is 26.0. The highest BCUT2D eigenvalue weighted by Gasteiger charge is 2.18. The smallest absolute Gasteiger partial charge is 0.164 e. The molecule has 0 aromatic heterocycles. The van der Waals surface area contributed by atoms with Crippen LogP contribution in [-0.2, 0) is 0 Å². The topological polar surface area (TPSA) is 40.5 Å². The number of β-amino-alcohol motifs (C(OH)–C–C–N with tert-alkyl or cyclic N) is 1. The van der Waals surface area contributed by atoms with E-state index < -0.39 is 11.6 Å². The molecule has 104 valence electrons. The van der Waals surface area contributed by atoms with Gasteiger partial charge in [0.05, 0.1) is 6.10 Å². The van der Waals surface area contributed by atoms with Crippen LogP contribution in [0, 0.1) is 11.6 Å². The zero-order valence-electron chi connectivity index (χ0n) is 10.6. The van der Waals surface area contributed by atoms with E-state index in [2.05, 4.69) is 0 Å². The highest BCUT2D eigenvalue weighted by molar-refractivity contribution is 5.96. The third-order valence-corrected chi connectivity index (χ3v) is 3.32. The summed E-state index contributed by atoms with van der Waals surface area (Å²) in [5.74, 6) is -1.76. The second kappa shape index (κ2) is 6.21. The Bertz CT molecular complexity index is 445. The first kappa shape index (κ1) is 14.1. The molecule has 0 saturated carbocycles. The van der Waals surface area contributed by atoms with Crippen LogP contribution in [0.25, 0.3) is 0 Å². The molecule has 0 spiro atoms. The lowest BCUT2D eigenvalue weighted by molar-refractivity contribution is 0.0670. The van der Waals surface area contributed by atoms with Crippen molar-refractivity contribution in [3.8, 4) is 0 Å². The number of aliphatic hydroxyl groups is 1. The van der Waals surface area contributed by atoms with Gasteiger partial charge < -0.3 is 10.0 Å². The largest absolute Gasteiger partial charge is 0.392 e. The van der Waals surface area contributed by atoms with Gasteiger partial charge in [0.25, 0.3) is 0 Å². The molecule has 1 saturated heterocycles. The molecule has 1 N–H and O–H groups in total. The molecule has 2 rings (SSSR count). The molecule has 19 heavy (non-hydrogen) atoms. The lowest BCUT2D eigenvalue weighted by atomic mass is 10.1. The number of halogens is 2. The van der Waals surface area contributed by atoms with Gasteiger partial charge in [0.2, 0.25) is 0 Å². The maximum absolute atomic E-state index is 13.0. The van der Waals surface area contributed by atoms with E-state index in [1.807, 2.05) is 4.90 Å². The van der Waals surface area contributed by atoms with E-state index >= 15 is 0 Å². The molecule has 1 aliphatic heterocycles. The average Bonchev–Trinajstić information content (AvgIpc) is 2.35. The molecule has 1 aromatic carbocycles. The van der Waals surface area contributed by atoms with Crippen LogP contribution < -0.4 is 0 Å². The normalized spacial score (nSPS) is 20.5. The van der Waals surface area contributed by atoms with Crippen molar-refractivity contribution in [2.45, 2.75) is 25.4 Å². The maximum Gasteiger partial charge on any atom is 0.164 e. The fraction of sp³-hybridized carbons (Fsp3) is 0.500.